The van der Waals surface area contributed by atoms with Crippen LogP contribution < -0.4 is 14.8 Å². The van der Waals surface area contributed by atoms with Gasteiger partial charge in [0.05, 0.1) is 16.3 Å². The quantitative estimate of drug-likeness (QED) is 0.366. The molecule has 0 saturated carbocycles. The van der Waals surface area contributed by atoms with Gasteiger partial charge in [-0.2, -0.15) is 4.31 Å². The number of ether oxygens (including phenoxy) is 1. The Morgan fingerprint density at radius 3 is 2.05 bits per heavy atom. The number of nitrogens with zero attached hydrogens (tertiary/aromatic N) is 1. The fourth-order valence-electron chi connectivity index (χ4n) is 4.02. The van der Waals surface area contributed by atoms with E-state index < -0.39 is 20.0 Å². The summed E-state index contributed by atoms with van der Waals surface area (Å²) < 4.78 is 60.2. The second-order valence-electron chi connectivity index (χ2n) is 9.04. The molecule has 38 heavy (non-hydrogen) atoms. The molecule has 0 aromatic heterocycles. The average molecular weight is 558 g/mol. The molecule has 1 aliphatic rings. The first-order valence-corrected chi connectivity index (χ1v) is 15.3. The molecule has 3 aromatic carbocycles. The number of piperidine rings is 1. The summed E-state index contributed by atoms with van der Waals surface area (Å²) in [4.78, 5) is 12.8. The van der Waals surface area contributed by atoms with Crippen molar-refractivity contribution in [2.24, 2.45) is 0 Å². The topological polar surface area (TPSA) is 122 Å². The number of sulfonamides is 2. The van der Waals surface area contributed by atoms with Crippen LogP contribution >= 0.6 is 0 Å². The molecule has 202 valence electrons. The maximum Gasteiger partial charge on any atom is 0.261 e. The highest BCUT2D eigenvalue weighted by Crippen LogP contribution is 2.23. The maximum absolute atomic E-state index is 12.7. The fourth-order valence-corrected chi connectivity index (χ4v) is 6.59. The third-order valence-electron chi connectivity index (χ3n) is 6.16. The highest BCUT2D eigenvalue weighted by Gasteiger charge is 2.25. The molecule has 0 aliphatic carbocycles. The predicted octanol–water partition coefficient (Wildman–Crippen LogP) is 3.78. The molecule has 1 amide bonds. The number of hydrogen-bond donors (Lipinski definition) is 2. The van der Waals surface area contributed by atoms with Crippen molar-refractivity contribution >= 4 is 31.6 Å². The SMILES string of the molecule is Cc1ccc(S(=O)(=O)Nc2ccc(C(=O)NCCOc3ccc(S(=O)(=O)N4CCCCC4)cc3)cc2)cc1. The molecule has 3 aromatic rings. The zero-order chi connectivity index (χ0) is 27.2. The summed E-state index contributed by atoms with van der Waals surface area (Å²) in [6.07, 6.45) is 2.81. The first-order valence-electron chi connectivity index (χ1n) is 12.4. The molecule has 0 spiro atoms. The van der Waals surface area contributed by atoms with Gasteiger partial charge in [0.1, 0.15) is 12.4 Å². The Balaban J connectivity index is 1.24. The van der Waals surface area contributed by atoms with Crippen molar-refractivity contribution in [1.29, 1.82) is 0 Å². The van der Waals surface area contributed by atoms with Crippen molar-refractivity contribution < 1.29 is 26.4 Å². The van der Waals surface area contributed by atoms with Gasteiger partial charge in [-0.05, 0) is 80.4 Å². The van der Waals surface area contributed by atoms with Crippen molar-refractivity contribution in [3.05, 3.63) is 83.9 Å². The molecular formula is C27H31N3O6S2. The summed E-state index contributed by atoms with van der Waals surface area (Å²) in [6, 6.07) is 18.9. The van der Waals surface area contributed by atoms with Crippen LogP contribution in [-0.2, 0) is 20.0 Å². The highest BCUT2D eigenvalue weighted by molar-refractivity contribution is 7.92. The van der Waals surface area contributed by atoms with E-state index in [0.29, 0.717) is 30.1 Å². The van der Waals surface area contributed by atoms with Crippen molar-refractivity contribution in [1.82, 2.24) is 9.62 Å². The number of carbonyl (C=O) groups excluding carboxylic acids is 1. The standard InChI is InChI=1S/C27H31N3O6S2/c1-21-5-13-25(14-6-21)37(32,33)29-23-9-7-22(8-10-23)27(31)28-17-20-36-24-11-15-26(16-12-24)38(34,35)30-18-3-2-4-19-30/h5-16,29H,2-4,17-20H2,1H3,(H,28,31). The van der Waals surface area contributed by atoms with Crippen LogP contribution in [-0.4, -0.2) is 53.3 Å². The molecule has 0 radical (unpaired) electrons. The minimum absolute atomic E-state index is 0.156. The third kappa shape index (κ3) is 6.91. The number of hydrogen-bond acceptors (Lipinski definition) is 6. The molecule has 2 N–H and O–H groups in total. The molecule has 4 rings (SSSR count). The first kappa shape index (κ1) is 27.6. The van der Waals surface area contributed by atoms with E-state index in [1.807, 2.05) is 6.92 Å². The molecular weight excluding hydrogens is 526 g/mol. The van der Waals surface area contributed by atoms with Crippen LogP contribution in [0.2, 0.25) is 0 Å². The van der Waals surface area contributed by atoms with E-state index in [4.69, 9.17) is 4.74 Å². The molecule has 1 saturated heterocycles. The summed E-state index contributed by atoms with van der Waals surface area (Å²) in [5.41, 5.74) is 1.67. The van der Waals surface area contributed by atoms with Crippen LogP contribution in [0.3, 0.4) is 0 Å². The van der Waals surface area contributed by atoms with Crippen LogP contribution in [0, 0.1) is 6.92 Å². The molecule has 1 aliphatic heterocycles. The lowest BCUT2D eigenvalue weighted by Gasteiger charge is -2.25. The molecule has 1 heterocycles. The maximum atomic E-state index is 12.7. The van der Waals surface area contributed by atoms with E-state index >= 15 is 0 Å². The largest absolute Gasteiger partial charge is 0.492 e. The number of carbonyl (C=O) groups is 1. The molecule has 0 unspecified atom stereocenters. The van der Waals surface area contributed by atoms with Crippen LogP contribution in [0.1, 0.15) is 35.2 Å². The third-order valence-corrected chi connectivity index (χ3v) is 9.47. The average Bonchev–Trinajstić information content (AvgIpc) is 2.92. The minimum Gasteiger partial charge on any atom is -0.492 e. The lowest BCUT2D eigenvalue weighted by atomic mass is 10.2. The summed E-state index contributed by atoms with van der Waals surface area (Å²) in [6.45, 7) is 3.40. The fraction of sp³-hybridized carbons (Fsp3) is 0.296. The number of anilines is 1. The van der Waals surface area contributed by atoms with Gasteiger partial charge in [-0.25, -0.2) is 16.8 Å². The molecule has 1 fully saturated rings. The molecule has 0 atom stereocenters. The van der Waals surface area contributed by atoms with Crippen molar-refractivity contribution in [2.45, 2.75) is 36.0 Å². The van der Waals surface area contributed by atoms with Gasteiger partial charge in [0.25, 0.3) is 15.9 Å². The lowest BCUT2D eigenvalue weighted by molar-refractivity contribution is 0.0947. The van der Waals surface area contributed by atoms with Crippen LogP contribution in [0.5, 0.6) is 5.75 Å². The van der Waals surface area contributed by atoms with E-state index in [-0.39, 0.29) is 28.8 Å². The van der Waals surface area contributed by atoms with E-state index in [1.165, 1.54) is 52.8 Å². The monoisotopic (exact) mass is 557 g/mol. The van der Waals surface area contributed by atoms with Gasteiger partial charge in [0, 0.05) is 24.3 Å². The van der Waals surface area contributed by atoms with Crippen LogP contribution in [0.25, 0.3) is 0 Å². The number of nitrogens with one attached hydrogen (secondary N) is 2. The second-order valence-corrected chi connectivity index (χ2v) is 12.7. The van der Waals surface area contributed by atoms with Gasteiger partial charge in [-0.1, -0.05) is 24.1 Å². The van der Waals surface area contributed by atoms with Gasteiger partial charge in [-0.3, -0.25) is 9.52 Å². The zero-order valence-electron chi connectivity index (χ0n) is 21.1. The summed E-state index contributed by atoms with van der Waals surface area (Å²) in [7, 11) is -7.22. The predicted molar refractivity (Wildman–Crippen MR) is 145 cm³/mol. The van der Waals surface area contributed by atoms with Gasteiger partial charge in [0.2, 0.25) is 10.0 Å². The van der Waals surface area contributed by atoms with Gasteiger partial charge in [-0.15, -0.1) is 0 Å². The Hall–Kier alpha value is -3.41. The summed E-state index contributed by atoms with van der Waals surface area (Å²) in [5, 5.41) is 2.74. The first-order chi connectivity index (χ1) is 18.1. The zero-order valence-corrected chi connectivity index (χ0v) is 22.7. The number of rotatable bonds is 10. The number of aryl methyl sites for hydroxylation is 1. The van der Waals surface area contributed by atoms with Crippen molar-refractivity contribution in [2.75, 3.05) is 31.0 Å². The Labute approximate surface area is 223 Å². The summed E-state index contributed by atoms with van der Waals surface area (Å²) in [5.74, 6) is 0.173. The molecule has 11 heteroatoms. The van der Waals surface area contributed by atoms with Gasteiger partial charge >= 0.3 is 0 Å². The number of benzene rings is 3. The van der Waals surface area contributed by atoms with E-state index in [0.717, 1.165) is 24.8 Å². The van der Waals surface area contributed by atoms with E-state index in [9.17, 15) is 21.6 Å². The van der Waals surface area contributed by atoms with E-state index in [1.54, 1.807) is 24.3 Å². The van der Waals surface area contributed by atoms with Crippen LogP contribution in [0.15, 0.2) is 82.6 Å². The molecule has 0 bridgehead atoms. The smallest absolute Gasteiger partial charge is 0.261 e. The van der Waals surface area contributed by atoms with E-state index in [2.05, 4.69) is 10.0 Å². The second kappa shape index (κ2) is 12.0. The lowest BCUT2D eigenvalue weighted by Crippen LogP contribution is -2.35. The number of amides is 1. The normalized spacial score (nSPS) is 14.6. The summed E-state index contributed by atoms with van der Waals surface area (Å²) >= 11 is 0. The van der Waals surface area contributed by atoms with Gasteiger partial charge in [0.15, 0.2) is 0 Å². The Kier molecular flexibility index (Phi) is 8.70. The minimum atomic E-state index is -3.73. The Morgan fingerprint density at radius 2 is 1.42 bits per heavy atom. The van der Waals surface area contributed by atoms with Gasteiger partial charge < -0.3 is 10.1 Å². The van der Waals surface area contributed by atoms with Crippen LogP contribution in [0.4, 0.5) is 5.69 Å². The molecule has 9 nitrogen and oxygen atoms in total. The Bertz CT molecular complexity index is 1450. The Morgan fingerprint density at radius 1 is 0.816 bits per heavy atom. The van der Waals surface area contributed by atoms with Crippen molar-refractivity contribution in [3.63, 3.8) is 0 Å². The highest BCUT2D eigenvalue weighted by atomic mass is 32.2. The van der Waals surface area contributed by atoms with Crippen molar-refractivity contribution in [3.8, 4) is 5.75 Å².